The van der Waals surface area contributed by atoms with Gasteiger partial charge in [0.05, 0.1) is 123 Å². The van der Waals surface area contributed by atoms with Crippen LogP contribution >= 0.6 is 0 Å². The maximum atomic E-state index is 5.17. The fourth-order valence-corrected chi connectivity index (χ4v) is 16.5. The van der Waals surface area contributed by atoms with E-state index in [1.54, 1.807) is 0 Å². The molecule has 0 bridgehead atoms. The van der Waals surface area contributed by atoms with E-state index in [4.69, 9.17) is 49.8 Å². The molecule has 24 aromatic rings. The molecule has 12 aromatic heterocycles. The Labute approximate surface area is 687 Å². The third-order valence-corrected chi connectivity index (χ3v) is 23.0. The topological polar surface area (TPSA) is 155 Å². The van der Waals surface area contributed by atoms with Crippen molar-refractivity contribution in [2.45, 2.75) is 0 Å². The molecule has 120 heavy (non-hydrogen) atoms. The number of nitrogens with zero attached hydrogens (tertiary/aromatic N) is 12. The molecule has 12 heteroatoms. The van der Waals surface area contributed by atoms with Crippen LogP contribution in [0.25, 0.3) is 243 Å². The number of pyridine rings is 12. The van der Waals surface area contributed by atoms with Crippen molar-refractivity contribution < 1.29 is 0 Å². The molecule has 0 saturated heterocycles. The quantitative estimate of drug-likeness (QED) is 0.120. The van der Waals surface area contributed by atoms with E-state index >= 15 is 0 Å². The molecule has 0 aliphatic heterocycles. The average Bonchev–Trinajstić information content (AvgIpc) is 0.756. The Balaban J connectivity index is 0.000000140. The van der Waals surface area contributed by atoms with Crippen LogP contribution in [0.1, 0.15) is 0 Å². The molecule has 24 rings (SSSR count). The molecule has 0 spiro atoms. The van der Waals surface area contributed by atoms with Gasteiger partial charge in [-0.15, -0.1) is 0 Å². The largest absolute Gasteiger partial charge is 0.254 e. The van der Waals surface area contributed by atoms with Crippen LogP contribution < -0.4 is 0 Å². The van der Waals surface area contributed by atoms with E-state index in [-0.39, 0.29) is 0 Å². The molecule has 0 fully saturated rings. The molecule has 556 valence electrons. The third kappa shape index (κ3) is 12.8. The first-order valence-corrected chi connectivity index (χ1v) is 40.0. The lowest BCUT2D eigenvalue weighted by molar-refractivity contribution is 1.31. The summed E-state index contributed by atoms with van der Waals surface area (Å²) in [7, 11) is 0. The molecule has 0 saturated carbocycles. The van der Waals surface area contributed by atoms with Crippen molar-refractivity contribution in [1.82, 2.24) is 59.8 Å². The lowest BCUT2D eigenvalue weighted by Gasteiger charge is -2.10. The Kier molecular flexibility index (Phi) is 16.6. The highest BCUT2D eigenvalue weighted by atomic mass is 14.8. The van der Waals surface area contributed by atoms with E-state index in [1.165, 1.54) is 0 Å². The first-order valence-electron chi connectivity index (χ1n) is 40.0. The van der Waals surface area contributed by atoms with Gasteiger partial charge in [-0.1, -0.05) is 279 Å². The van der Waals surface area contributed by atoms with E-state index in [2.05, 4.69) is 325 Å². The van der Waals surface area contributed by atoms with Crippen molar-refractivity contribution in [2.24, 2.45) is 0 Å². The Morgan fingerprint density at radius 3 is 0.658 bits per heavy atom. The summed E-state index contributed by atoms with van der Waals surface area (Å²) < 4.78 is 0. The molecule has 0 atom stereocenters. The molecule has 0 radical (unpaired) electrons. The highest BCUT2D eigenvalue weighted by Gasteiger charge is 2.18. The molecule has 12 aromatic carbocycles. The lowest BCUT2D eigenvalue weighted by Crippen LogP contribution is -1.92. The van der Waals surface area contributed by atoms with Crippen LogP contribution in [0.2, 0.25) is 0 Å². The van der Waals surface area contributed by atoms with E-state index in [9.17, 15) is 0 Å². The van der Waals surface area contributed by atoms with Crippen molar-refractivity contribution in [3.8, 4) is 113 Å². The van der Waals surface area contributed by atoms with Gasteiger partial charge in [0.1, 0.15) is 0 Å². The lowest BCUT2D eigenvalue weighted by atomic mass is 10.00. The average molecular weight is 1530 g/mol. The van der Waals surface area contributed by atoms with Crippen LogP contribution in [-0.2, 0) is 0 Å². The fraction of sp³-hybridized carbons (Fsp3) is 0. The van der Waals surface area contributed by atoms with Gasteiger partial charge in [-0.25, -0.2) is 49.8 Å². The minimum absolute atomic E-state index is 0.814. The van der Waals surface area contributed by atoms with E-state index in [1.807, 2.05) is 73.1 Å². The minimum Gasteiger partial charge on any atom is -0.254 e. The first kappa shape index (κ1) is 69.1. The zero-order valence-corrected chi connectivity index (χ0v) is 64.3. The normalized spacial score (nSPS) is 11.7. The Hall–Kier alpha value is -16.4. The maximum Gasteiger partial charge on any atom is 0.0972 e. The standard InChI is InChI=1S/2C54H32N6/c1-2-5-34(6-3-1)44-26-22-40-16-17-41-23-27-45(59-54(41)53(40)58-44)35-10-8-33(9-11-35)42-18-12-36-20-25-46(56-49(36)31-42)43-19-13-37-21-28-47(57-50(37)32-43)48-29-24-39-15-14-38-7-4-30-55-51(38)52(39)60-48;1-2-5-33(6-3-1)45-27-22-40-16-17-41-23-28-46(59-54(41)53(40)58-45)35-10-8-34(9-11-35)44-25-20-36-12-18-42(31-49(36)56-44)47-26-21-37-13-19-43(32-50(37)57-47)48-29-24-39-15-14-38-7-4-30-55-51(38)52(39)60-48/h2*1-32H. The molecular formula is C108H64N12. The molecule has 12 nitrogen and oxygen atoms in total. The molecular weight excluding hydrogens is 1470 g/mol. The smallest absolute Gasteiger partial charge is 0.0972 e. The van der Waals surface area contributed by atoms with Crippen LogP contribution in [0.3, 0.4) is 0 Å². The van der Waals surface area contributed by atoms with Gasteiger partial charge in [0.2, 0.25) is 0 Å². The van der Waals surface area contributed by atoms with Crippen LogP contribution in [0.4, 0.5) is 0 Å². The molecule has 12 heterocycles. The van der Waals surface area contributed by atoms with Crippen molar-refractivity contribution >= 4 is 131 Å². The number of hydrogen-bond acceptors (Lipinski definition) is 12. The van der Waals surface area contributed by atoms with E-state index < -0.39 is 0 Å². The number of aromatic nitrogens is 12. The summed E-state index contributed by atoms with van der Waals surface area (Å²) >= 11 is 0. The van der Waals surface area contributed by atoms with Crippen molar-refractivity contribution in [3.63, 3.8) is 0 Å². The van der Waals surface area contributed by atoms with Gasteiger partial charge in [-0.05, 0) is 108 Å². The van der Waals surface area contributed by atoms with Crippen LogP contribution in [0.15, 0.2) is 389 Å². The van der Waals surface area contributed by atoms with Crippen molar-refractivity contribution in [1.29, 1.82) is 0 Å². The van der Waals surface area contributed by atoms with Gasteiger partial charge in [-0.3, -0.25) is 9.97 Å². The fourth-order valence-electron chi connectivity index (χ4n) is 16.5. The number of fused-ring (bicyclic) bond motifs is 16. The van der Waals surface area contributed by atoms with Crippen molar-refractivity contribution in [2.75, 3.05) is 0 Å². The molecule has 0 N–H and O–H groups in total. The summed E-state index contributed by atoms with van der Waals surface area (Å²) in [6.07, 6.45) is 3.64. The molecule has 0 unspecified atom stereocenters. The van der Waals surface area contributed by atoms with Gasteiger partial charge in [0.15, 0.2) is 0 Å². The summed E-state index contributed by atoms with van der Waals surface area (Å²) in [6.45, 7) is 0. The minimum atomic E-state index is 0.814. The van der Waals surface area contributed by atoms with Gasteiger partial charge in [0, 0.05) is 122 Å². The van der Waals surface area contributed by atoms with Gasteiger partial charge in [0.25, 0.3) is 0 Å². The number of hydrogen-bond donors (Lipinski definition) is 0. The van der Waals surface area contributed by atoms with Crippen molar-refractivity contribution in [3.05, 3.63) is 389 Å². The van der Waals surface area contributed by atoms with E-state index in [0.717, 1.165) is 243 Å². The van der Waals surface area contributed by atoms with Gasteiger partial charge in [-0.2, -0.15) is 0 Å². The molecule has 0 aliphatic rings. The summed E-state index contributed by atoms with van der Waals surface area (Å²) in [6, 6.07) is 130. The third-order valence-electron chi connectivity index (χ3n) is 23.0. The number of rotatable bonds is 10. The monoisotopic (exact) mass is 1530 g/mol. The number of benzene rings is 12. The van der Waals surface area contributed by atoms with Crippen LogP contribution in [0.5, 0.6) is 0 Å². The second kappa shape index (κ2) is 28.8. The Morgan fingerprint density at radius 2 is 0.317 bits per heavy atom. The SMILES string of the molecule is c1ccc(-c2ccc3ccc4ccc(-c5ccc(-c6ccc7ccc(-c8ccc9ccc(-c%10ccc%11ccc%12cccnc%12c%11n%10)cc9n8)cc7n6)cc5)nc4c3n2)cc1.c1ccc(-c2ccc3ccc4ccc(-c5ccc(-c6ccc7ccc(-c8ccc9ccc(-c%10ccc%11ccc%12cccnc%12c%11n%10)nc9c8)nc7c6)cc5)nc4c3n2)cc1. The first-order chi connectivity index (χ1) is 59.3. The highest BCUT2D eigenvalue weighted by molar-refractivity contribution is 6.08. The summed E-state index contributed by atoms with van der Waals surface area (Å²) in [5.41, 5.74) is 30.3. The van der Waals surface area contributed by atoms with Gasteiger partial charge >= 0.3 is 0 Å². The maximum absolute atomic E-state index is 5.17. The Morgan fingerprint density at radius 1 is 0.117 bits per heavy atom. The predicted molar refractivity (Wildman–Crippen MR) is 491 cm³/mol. The summed E-state index contributed by atoms with van der Waals surface area (Å²) in [5.74, 6) is 0. The molecule has 0 amide bonds. The highest BCUT2D eigenvalue weighted by Crippen LogP contribution is 2.38. The molecule has 0 aliphatic carbocycles. The van der Waals surface area contributed by atoms with Crippen LogP contribution in [0, 0.1) is 0 Å². The zero-order chi connectivity index (χ0) is 79.1. The second-order valence-corrected chi connectivity index (χ2v) is 30.3. The zero-order valence-electron chi connectivity index (χ0n) is 64.3. The Bertz CT molecular complexity index is 7800. The predicted octanol–water partition coefficient (Wildman–Crippen LogP) is 26.6. The summed E-state index contributed by atoms with van der Waals surface area (Å²) in [5, 5.41) is 12.8. The second-order valence-electron chi connectivity index (χ2n) is 30.3. The van der Waals surface area contributed by atoms with Gasteiger partial charge < -0.3 is 0 Å². The van der Waals surface area contributed by atoms with E-state index in [0.29, 0.717) is 0 Å². The summed E-state index contributed by atoms with van der Waals surface area (Å²) in [4.78, 5) is 60.4. The van der Waals surface area contributed by atoms with Crippen LogP contribution in [-0.4, -0.2) is 59.8 Å².